The molecule has 4 rings (SSSR count). The number of nitrogens with zero attached hydrogens (tertiary/aromatic N) is 3. The van der Waals surface area contributed by atoms with E-state index < -0.39 is 0 Å². The summed E-state index contributed by atoms with van der Waals surface area (Å²) in [5, 5.41) is 5.48. The lowest BCUT2D eigenvalue weighted by Gasteiger charge is -2.32. The predicted octanol–water partition coefficient (Wildman–Crippen LogP) is 1.88. The minimum atomic E-state index is 0.714. The first kappa shape index (κ1) is 14.4. The number of rotatable bonds is 4. The van der Waals surface area contributed by atoms with Crippen molar-refractivity contribution in [2.24, 2.45) is 0 Å². The lowest BCUT2D eigenvalue weighted by atomic mass is 10.2. The molecule has 0 amide bonds. The maximum absolute atomic E-state index is 5.62. The van der Waals surface area contributed by atoms with Gasteiger partial charge in [0, 0.05) is 51.9 Å². The van der Waals surface area contributed by atoms with Crippen molar-refractivity contribution in [3.8, 4) is 10.8 Å². The zero-order valence-electron chi connectivity index (χ0n) is 12.7. The van der Waals surface area contributed by atoms with Crippen LogP contribution in [0.1, 0.15) is 12.1 Å². The van der Waals surface area contributed by atoms with Gasteiger partial charge in [-0.2, -0.15) is 0 Å². The molecule has 0 saturated carbocycles. The molecular formula is C16H22N4OS. The Labute approximate surface area is 134 Å². The van der Waals surface area contributed by atoms with Gasteiger partial charge in [0.25, 0.3) is 0 Å². The van der Waals surface area contributed by atoms with E-state index in [1.54, 1.807) is 11.3 Å². The molecule has 1 N–H and O–H groups in total. The van der Waals surface area contributed by atoms with Gasteiger partial charge < -0.3 is 9.73 Å². The van der Waals surface area contributed by atoms with Crippen molar-refractivity contribution >= 4 is 11.3 Å². The van der Waals surface area contributed by atoms with E-state index >= 15 is 0 Å². The van der Waals surface area contributed by atoms with Gasteiger partial charge in [0.05, 0.1) is 10.6 Å². The minimum absolute atomic E-state index is 0.714. The number of thiophene rings is 1. The van der Waals surface area contributed by atoms with Crippen LogP contribution in [0.5, 0.6) is 0 Å². The summed E-state index contributed by atoms with van der Waals surface area (Å²) in [6, 6.07) is 4.80. The van der Waals surface area contributed by atoms with E-state index in [9.17, 15) is 0 Å². The first-order valence-electron chi connectivity index (χ1n) is 8.04. The van der Waals surface area contributed by atoms with Crippen molar-refractivity contribution in [1.82, 2.24) is 20.1 Å². The van der Waals surface area contributed by atoms with Crippen LogP contribution in [0.4, 0.5) is 0 Å². The Balaban J connectivity index is 1.34. The van der Waals surface area contributed by atoms with E-state index in [1.165, 1.54) is 19.5 Å². The van der Waals surface area contributed by atoms with Gasteiger partial charge in [-0.05, 0) is 17.9 Å². The quantitative estimate of drug-likeness (QED) is 0.932. The van der Waals surface area contributed by atoms with Crippen LogP contribution >= 0.6 is 11.3 Å². The van der Waals surface area contributed by atoms with Crippen molar-refractivity contribution in [3.63, 3.8) is 0 Å². The number of piperazine rings is 1. The van der Waals surface area contributed by atoms with Crippen LogP contribution in [0.3, 0.4) is 0 Å². The fraction of sp³-hybridized carbons (Fsp3) is 0.562. The maximum atomic E-state index is 5.62. The van der Waals surface area contributed by atoms with E-state index in [4.69, 9.17) is 4.42 Å². The van der Waals surface area contributed by atoms with Crippen LogP contribution in [0.15, 0.2) is 28.2 Å². The SMILES string of the molecule is c1csc(-c2nc(CN3CCC(N4CCNCC4)C3)co2)c1. The second kappa shape index (κ2) is 6.50. The normalized spacial score (nSPS) is 24.1. The average Bonchev–Trinajstić information content (AvgIpc) is 3.30. The van der Waals surface area contributed by atoms with Gasteiger partial charge in [0.2, 0.25) is 5.89 Å². The molecule has 0 spiro atoms. The van der Waals surface area contributed by atoms with Gasteiger partial charge >= 0.3 is 0 Å². The van der Waals surface area contributed by atoms with Crippen LogP contribution in [0.2, 0.25) is 0 Å². The molecule has 0 aliphatic carbocycles. The van der Waals surface area contributed by atoms with Gasteiger partial charge in [0.1, 0.15) is 6.26 Å². The Morgan fingerprint density at radius 3 is 3.05 bits per heavy atom. The van der Waals surface area contributed by atoms with E-state index in [1.807, 2.05) is 12.3 Å². The third kappa shape index (κ3) is 3.10. The number of hydrogen-bond donors (Lipinski definition) is 1. The summed E-state index contributed by atoms with van der Waals surface area (Å²) in [5.41, 5.74) is 1.05. The smallest absolute Gasteiger partial charge is 0.236 e. The second-order valence-corrected chi connectivity index (χ2v) is 7.03. The molecule has 0 aromatic carbocycles. The third-order valence-electron chi connectivity index (χ3n) is 4.58. The summed E-state index contributed by atoms with van der Waals surface area (Å²) in [7, 11) is 0. The fourth-order valence-electron chi connectivity index (χ4n) is 3.42. The van der Waals surface area contributed by atoms with Gasteiger partial charge in [-0.3, -0.25) is 9.80 Å². The molecule has 4 heterocycles. The molecule has 0 bridgehead atoms. The second-order valence-electron chi connectivity index (χ2n) is 6.08. The Kier molecular flexibility index (Phi) is 4.25. The van der Waals surface area contributed by atoms with Crippen molar-refractivity contribution in [2.45, 2.75) is 19.0 Å². The number of likely N-dealkylation sites (tertiary alicyclic amines) is 1. The molecule has 0 radical (unpaired) electrons. The lowest BCUT2D eigenvalue weighted by molar-refractivity contribution is 0.170. The summed E-state index contributed by atoms with van der Waals surface area (Å²) < 4.78 is 5.62. The van der Waals surface area contributed by atoms with Gasteiger partial charge in [-0.1, -0.05) is 6.07 Å². The number of oxazole rings is 1. The topological polar surface area (TPSA) is 44.5 Å². The lowest BCUT2D eigenvalue weighted by Crippen LogP contribution is -2.49. The highest BCUT2D eigenvalue weighted by atomic mass is 32.1. The molecule has 2 aliphatic rings. The molecule has 118 valence electrons. The summed E-state index contributed by atoms with van der Waals surface area (Å²) >= 11 is 1.67. The van der Waals surface area contributed by atoms with Gasteiger partial charge in [-0.15, -0.1) is 11.3 Å². The molecule has 22 heavy (non-hydrogen) atoms. The van der Waals surface area contributed by atoms with Crippen molar-refractivity contribution in [1.29, 1.82) is 0 Å². The highest BCUT2D eigenvalue weighted by Crippen LogP contribution is 2.25. The van der Waals surface area contributed by atoms with E-state index in [0.29, 0.717) is 6.04 Å². The molecular weight excluding hydrogens is 296 g/mol. The molecule has 6 heteroatoms. The molecule has 2 saturated heterocycles. The molecule has 5 nitrogen and oxygen atoms in total. The number of aromatic nitrogens is 1. The minimum Gasteiger partial charge on any atom is -0.444 e. The average molecular weight is 318 g/mol. The summed E-state index contributed by atoms with van der Waals surface area (Å²) in [6.45, 7) is 7.85. The Bertz CT molecular complexity index is 591. The molecule has 2 fully saturated rings. The third-order valence-corrected chi connectivity index (χ3v) is 5.44. The largest absolute Gasteiger partial charge is 0.444 e. The number of nitrogens with one attached hydrogen (secondary N) is 1. The first-order chi connectivity index (χ1) is 10.9. The highest BCUT2D eigenvalue weighted by Gasteiger charge is 2.28. The molecule has 2 aromatic rings. The summed E-state index contributed by atoms with van der Waals surface area (Å²) in [6.07, 6.45) is 3.09. The zero-order chi connectivity index (χ0) is 14.8. The van der Waals surface area contributed by atoms with Crippen molar-refractivity contribution in [3.05, 3.63) is 29.5 Å². The Morgan fingerprint density at radius 2 is 2.23 bits per heavy atom. The molecule has 2 aromatic heterocycles. The van der Waals surface area contributed by atoms with E-state index in [-0.39, 0.29) is 0 Å². The van der Waals surface area contributed by atoms with Crippen LogP contribution in [-0.4, -0.2) is 60.1 Å². The van der Waals surface area contributed by atoms with Crippen LogP contribution < -0.4 is 5.32 Å². The maximum Gasteiger partial charge on any atom is 0.236 e. The van der Waals surface area contributed by atoms with Crippen LogP contribution in [0.25, 0.3) is 10.8 Å². The van der Waals surface area contributed by atoms with Crippen LogP contribution in [-0.2, 0) is 6.54 Å². The molecule has 1 unspecified atom stereocenters. The highest BCUT2D eigenvalue weighted by molar-refractivity contribution is 7.13. The molecule has 2 aliphatic heterocycles. The zero-order valence-corrected chi connectivity index (χ0v) is 13.5. The standard InChI is InChI=1S/C16H22N4OS/c1-2-15(22-9-1)16-18-13(12-21-16)10-19-6-3-14(11-19)20-7-4-17-5-8-20/h1-2,9,12,14,17H,3-8,10-11H2. The van der Waals surface area contributed by atoms with E-state index in [0.717, 1.165) is 49.2 Å². The van der Waals surface area contributed by atoms with Gasteiger partial charge in [-0.25, -0.2) is 4.98 Å². The fourth-order valence-corrected chi connectivity index (χ4v) is 4.08. The van der Waals surface area contributed by atoms with Gasteiger partial charge in [0.15, 0.2) is 0 Å². The summed E-state index contributed by atoms with van der Waals surface area (Å²) in [5.74, 6) is 0.753. The Morgan fingerprint density at radius 1 is 1.32 bits per heavy atom. The predicted molar refractivity (Wildman–Crippen MR) is 87.9 cm³/mol. The monoisotopic (exact) mass is 318 g/mol. The number of hydrogen-bond acceptors (Lipinski definition) is 6. The van der Waals surface area contributed by atoms with E-state index in [2.05, 4.69) is 31.5 Å². The first-order valence-corrected chi connectivity index (χ1v) is 8.92. The van der Waals surface area contributed by atoms with Crippen LogP contribution in [0, 0.1) is 0 Å². The molecule has 1 atom stereocenters. The van der Waals surface area contributed by atoms with Crippen molar-refractivity contribution in [2.75, 3.05) is 39.3 Å². The van der Waals surface area contributed by atoms with Crippen molar-refractivity contribution < 1.29 is 4.42 Å². The Hall–Kier alpha value is -1.21. The summed E-state index contributed by atoms with van der Waals surface area (Å²) in [4.78, 5) is 10.9.